The highest BCUT2D eigenvalue weighted by molar-refractivity contribution is 5.46. The molecule has 0 heterocycles. The summed E-state index contributed by atoms with van der Waals surface area (Å²) in [4.78, 5) is 0. The monoisotopic (exact) mass is 235 g/mol. The van der Waals surface area contributed by atoms with Gasteiger partial charge < -0.3 is 5.32 Å². The van der Waals surface area contributed by atoms with E-state index in [2.05, 4.69) is 67.4 Å². The van der Waals surface area contributed by atoms with Crippen LogP contribution >= 0.6 is 0 Å². The maximum absolute atomic E-state index is 3.28. The van der Waals surface area contributed by atoms with Crippen molar-refractivity contribution in [2.24, 2.45) is 0 Å². The van der Waals surface area contributed by atoms with Gasteiger partial charge in [-0.1, -0.05) is 47.2 Å². The fourth-order valence-corrected chi connectivity index (χ4v) is 1.60. The minimum Gasteiger partial charge on any atom is -0.374 e. The standard InChI is InChI=1S/C17H17N/c1-14-5-9-16(10-6-14)4-3-13-18-17-11-7-15(2)8-12-17/h5-12,18H,13H2,1-2H3. The zero-order valence-electron chi connectivity index (χ0n) is 10.8. The molecule has 90 valence electrons. The molecule has 0 aliphatic heterocycles. The lowest BCUT2D eigenvalue weighted by Crippen LogP contribution is -1.98. The average Bonchev–Trinajstić information content (AvgIpc) is 2.39. The van der Waals surface area contributed by atoms with Crippen LogP contribution in [0.4, 0.5) is 5.69 Å². The molecule has 18 heavy (non-hydrogen) atoms. The molecule has 0 aliphatic rings. The molecule has 0 bridgehead atoms. The minimum absolute atomic E-state index is 0.664. The Morgan fingerprint density at radius 1 is 0.833 bits per heavy atom. The lowest BCUT2D eigenvalue weighted by Gasteiger charge is -2.01. The maximum Gasteiger partial charge on any atom is 0.0769 e. The molecule has 0 fully saturated rings. The second-order valence-electron chi connectivity index (χ2n) is 4.39. The molecule has 0 unspecified atom stereocenters. The lowest BCUT2D eigenvalue weighted by molar-refractivity contribution is 1.36. The van der Waals surface area contributed by atoms with E-state index in [9.17, 15) is 0 Å². The first-order chi connectivity index (χ1) is 8.74. The number of hydrogen-bond donors (Lipinski definition) is 1. The second-order valence-corrected chi connectivity index (χ2v) is 4.39. The molecule has 2 rings (SSSR count). The van der Waals surface area contributed by atoms with Crippen LogP contribution in [-0.4, -0.2) is 6.54 Å². The summed E-state index contributed by atoms with van der Waals surface area (Å²) in [7, 11) is 0. The van der Waals surface area contributed by atoms with Crippen molar-refractivity contribution < 1.29 is 0 Å². The van der Waals surface area contributed by atoms with E-state index in [0.29, 0.717) is 6.54 Å². The second kappa shape index (κ2) is 5.93. The van der Waals surface area contributed by atoms with Gasteiger partial charge in [-0.3, -0.25) is 0 Å². The van der Waals surface area contributed by atoms with Gasteiger partial charge in [0.1, 0.15) is 0 Å². The molecule has 1 nitrogen and oxygen atoms in total. The van der Waals surface area contributed by atoms with Gasteiger partial charge in [-0.2, -0.15) is 0 Å². The quantitative estimate of drug-likeness (QED) is 0.781. The summed E-state index contributed by atoms with van der Waals surface area (Å²) in [6.45, 7) is 4.83. The fourth-order valence-electron chi connectivity index (χ4n) is 1.60. The van der Waals surface area contributed by atoms with Crippen LogP contribution in [0.3, 0.4) is 0 Å². The van der Waals surface area contributed by atoms with Crippen molar-refractivity contribution in [3.05, 3.63) is 65.2 Å². The van der Waals surface area contributed by atoms with Crippen LogP contribution in [0.15, 0.2) is 48.5 Å². The van der Waals surface area contributed by atoms with E-state index < -0.39 is 0 Å². The van der Waals surface area contributed by atoms with Gasteiger partial charge in [0.2, 0.25) is 0 Å². The number of nitrogens with one attached hydrogen (secondary N) is 1. The predicted molar refractivity (Wildman–Crippen MR) is 77.7 cm³/mol. The molecule has 0 amide bonds. The highest BCUT2D eigenvalue weighted by Gasteiger charge is 1.88. The van der Waals surface area contributed by atoms with Crippen LogP contribution in [0.25, 0.3) is 0 Å². The molecule has 0 aliphatic carbocycles. The summed E-state index contributed by atoms with van der Waals surface area (Å²) in [5.41, 5.74) is 4.70. The molecule has 0 atom stereocenters. The average molecular weight is 235 g/mol. The topological polar surface area (TPSA) is 12.0 Å². The Morgan fingerprint density at radius 3 is 2.00 bits per heavy atom. The van der Waals surface area contributed by atoms with Crippen LogP contribution in [-0.2, 0) is 0 Å². The van der Waals surface area contributed by atoms with Crippen LogP contribution in [0.2, 0.25) is 0 Å². The van der Waals surface area contributed by atoms with Crippen LogP contribution in [0.1, 0.15) is 16.7 Å². The van der Waals surface area contributed by atoms with Crippen molar-refractivity contribution in [3.63, 3.8) is 0 Å². The third-order valence-electron chi connectivity index (χ3n) is 2.72. The van der Waals surface area contributed by atoms with E-state index in [-0.39, 0.29) is 0 Å². The van der Waals surface area contributed by atoms with Gasteiger partial charge in [-0.25, -0.2) is 0 Å². The number of aryl methyl sites for hydroxylation is 2. The number of rotatable bonds is 2. The van der Waals surface area contributed by atoms with Crippen molar-refractivity contribution in [1.29, 1.82) is 0 Å². The van der Waals surface area contributed by atoms with Crippen LogP contribution < -0.4 is 5.32 Å². The molecular weight excluding hydrogens is 218 g/mol. The van der Waals surface area contributed by atoms with E-state index in [1.54, 1.807) is 0 Å². The Kier molecular flexibility index (Phi) is 4.04. The molecule has 2 aromatic rings. The van der Waals surface area contributed by atoms with Crippen molar-refractivity contribution in [3.8, 4) is 11.8 Å². The zero-order valence-corrected chi connectivity index (χ0v) is 10.8. The molecule has 0 saturated heterocycles. The number of anilines is 1. The molecule has 1 heteroatoms. The van der Waals surface area contributed by atoms with Gasteiger partial charge in [-0.15, -0.1) is 0 Å². The Balaban J connectivity index is 1.89. The Hall–Kier alpha value is -2.20. The summed E-state index contributed by atoms with van der Waals surface area (Å²) in [5.74, 6) is 6.26. The Labute approximate surface area is 109 Å². The molecule has 2 aromatic carbocycles. The van der Waals surface area contributed by atoms with E-state index in [4.69, 9.17) is 0 Å². The highest BCUT2D eigenvalue weighted by Crippen LogP contribution is 2.07. The summed E-state index contributed by atoms with van der Waals surface area (Å²) < 4.78 is 0. The van der Waals surface area contributed by atoms with Crippen LogP contribution in [0.5, 0.6) is 0 Å². The van der Waals surface area contributed by atoms with Gasteiger partial charge in [0.25, 0.3) is 0 Å². The van der Waals surface area contributed by atoms with Crippen molar-refractivity contribution in [2.75, 3.05) is 11.9 Å². The first kappa shape index (κ1) is 12.3. The molecule has 0 aromatic heterocycles. The van der Waals surface area contributed by atoms with Crippen LogP contribution in [0, 0.1) is 25.7 Å². The maximum atomic E-state index is 3.28. The van der Waals surface area contributed by atoms with Gasteiger partial charge in [-0.05, 0) is 38.1 Å². The van der Waals surface area contributed by atoms with E-state index >= 15 is 0 Å². The lowest BCUT2D eigenvalue weighted by atomic mass is 10.1. The first-order valence-corrected chi connectivity index (χ1v) is 6.10. The first-order valence-electron chi connectivity index (χ1n) is 6.10. The summed E-state index contributed by atoms with van der Waals surface area (Å²) in [6, 6.07) is 16.6. The Morgan fingerprint density at radius 2 is 1.39 bits per heavy atom. The number of benzene rings is 2. The van der Waals surface area contributed by atoms with Gasteiger partial charge >= 0.3 is 0 Å². The molecule has 0 saturated carbocycles. The largest absolute Gasteiger partial charge is 0.374 e. The SMILES string of the molecule is Cc1ccc(C#CCNc2ccc(C)cc2)cc1. The molecule has 0 radical (unpaired) electrons. The summed E-state index contributed by atoms with van der Waals surface area (Å²) in [5, 5.41) is 3.28. The van der Waals surface area contributed by atoms with E-state index in [1.807, 2.05) is 12.1 Å². The van der Waals surface area contributed by atoms with E-state index in [1.165, 1.54) is 11.1 Å². The summed E-state index contributed by atoms with van der Waals surface area (Å²) >= 11 is 0. The van der Waals surface area contributed by atoms with E-state index in [0.717, 1.165) is 11.3 Å². The normalized spacial score (nSPS) is 9.44. The van der Waals surface area contributed by atoms with Gasteiger partial charge in [0.15, 0.2) is 0 Å². The predicted octanol–water partition coefficient (Wildman–Crippen LogP) is 3.77. The Bertz CT molecular complexity index is 553. The smallest absolute Gasteiger partial charge is 0.0769 e. The molecule has 1 N–H and O–H groups in total. The zero-order chi connectivity index (χ0) is 12.8. The molecule has 0 spiro atoms. The highest BCUT2D eigenvalue weighted by atomic mass is 14.8. The third-order valence-corrected chi connectivity index (χ3v) is 2.72. The van der Waals surface area contributed by atoms with Gasteiger partial charge in [0.05, 0.1) is 6.54 Å². The minimum atomic E-state index is 0.664. The number of hydrogen-bond acceptors (Lipinski definition) is 1. The fraction of sp³-hybridized carbons (Fsp3) is 0.176. The van der Waals surface area contributed by atoms with Crippen molar-refractivity contribution in [1.82, 2.24) is 0 Å². The van der Waals surface area contributed by atoms with Crippen molar-refractivity contribution >= 4 is 5.69 Å². The molecular formula is C17H17N. The van der Waals surface area contributed by atoms with Gasteiger partial charge in [0, 0.05) is 11.3 Å². The summed E-state index contributed by atoms with van der Waals surface area (Å²) in [6.07, 6.45) is 0. The van der Waals surface area contributed by atoms with Crippen molar-refractivity contribution in [2.45, 2.75) is 13.8 Å². The third kappa shape index (κ3) is 3.68.